The van der Waals surface area contributed by atoms with Gasteiger partial charge in [0.25, 0.3) is 0 Å². The van der Waals surface area contributed by atoms with Crippen LogP contribution in [0.5, 0.6) is 5.75 Å². The van der Waals surface area contributed by atoms with Crippen LogP contribution in [0.2, 0.25) is 0 Å². The smallest absolute Gasteiger partial charge is 0.313 e. The number of hydrogen-bond acceptors (Lipinski definition) is 3. The molecule has 0 radical (unpaired) electrons. The second-order valence-corrected chi connectivity index (χ2v) is 6.68. The Bertz CT molecular complexity index is 831. The van der Waals surface area contributed by atoms with E-state index in [1.165, 1.54) is 6.07 Å². The van der Waals surface area contributed by atoms with Crippen LogP contribution in [-0.2, 0) is 16.0 Å². The Morgan fingerprint density at radius 2 is 1.64 bits per heavy atom. The minimum absolute atomic E-state index is 0.0566. The maximum Gasteiger partial charge on any atom is 0.313 e. The van der Waals surface area contributed by atoms with Gasteiger partial charge in [-0.25, -0.2) is 8.78 Å². The van der Waals surface area contributed by atoms with Gasteiger partial charge in [0.2, 0.25) is 0 Å². The number of benzene rings is 2. The zero-order valence-electron chi connectivity index (χ0n) is 15.3. The third-order valence-corrected chi connectivity index (χ3v) is 4.66. The predicted molar refractivity (Wildman–Crippen MR) is 101 cm³/mol. The Morgan fingerprint density at radius 1 is 0.964 bits per heavy atom. The Labute approximate surface area is 162 Å². The molecule has 1 aliphatic carbocycles. The third kappa shape index (κ3) is 5.06. The lowest BCUT2D eigenvalue weighted by atomic mass is 10.1. The Kier molecular flexibility index (Phi) is 6.57. The molecule has 0 aliphatic heterocycles. The van der Waals surface area contributed by atoms with Crippen molar-refractivity contribution < 1.29 is 23.1 Å². The van der Waals surface area contributed by atoms with E-state index in [9.17, 15) is 18.4 Å². The first-order chi connectivity index (χ1) is 13.5. The number of anilines is 1. The summed E-state index contributed by atoms with van der Waals surface area (Å²) in [6.07, 6.45) is 4.22. The van der Waals surface area contributed by atoms with Crippen LogP contribution in [0.25, 0.3) is 0 Å². The molecule has 1 fully saturated rings. The van der Waals surface area contributed by atoms with Crippen LogP contribution in [0.1, 0.15) is 31.2 Å². The van der Waals surface area contributed by atoms with Gasteiger partial charge in [-0.1, -0.05) is 18.2 Å². The largest absolute Gasteiger partial charge is 0.488 e. The number of carbonyl (C=O) groups excluding carboxylic acids is 2. The van der Waals surface area contributed by atoms with Crippen LogP contribution in [0.3, 0.4) is 0 Å². The molecule has 0 heterocycles. The van der Waals surface area contributed by atoms with Gasteiger partial charge in [0.05, 0.1) is 11.8 Å². The zero-order chi connectivity index (χ0) is 19.9. The van der Waals surface area contributed by atoms with Gasteiger partial charge >= 0.3 is 11.8 Å². The summed E-state index contributed by atoms with van der Waals surface area (Å²) in [5.74, 6) is -2.60. The van der Waals surface area contributed by atoms with E-state index < -0.39 is 23.4 Å². The number of ether oxygens (including phenoxy) is 1. The molecule has 0 aromatic heterocycles. The number of halogens is 2. The lowest BCUT2D eigenvalue weighted by Gasteiger charge is -2.16. The molecular weight excluding hydrogens is 366 g/mol. The second-order valence-electron chi connectivity index (χ2n) is 6.68. The van der Waals surface area contributed by atoms with E-state index in [1.807, 2.05) is 0 Å². The number of hydrogen-bond donors (Lipinski definition) is 2. The van der Waals surface area contributed by atoms with Crippen LogP contribution in [0.15, 0.2) is 42.5 Å². The minimum Gasteiger partial charge on any atom is -0.488 e. The molecule has 2 amide bonds. The van der Waals surface area contributed by atoms with E-state index in [1.54, 1.807) is 24.3 Å². The fourth-order valence-corrected chi connectivity index (χ4v) is 3.19. The monoisotopic (exact) mass is 388 g/mol. The van der Waals surface area contributed by atoms with Crippen molar-refractivity contribution in [3.63, 3.8) is 0 Å². The quantitative estimate of drug-likeness (QED) is 0.744. The fraction of sp³-hybridized carbons (Fsp3) is 0.333. The van der Waals surface area contributed by atoms with Gasteiger partial charge in [0, 0.05) is 12.1 Å². The summed E-state index contributed by atoms with van der Waals surface area (Å²) < 4.78 is 33.1. The number of amides is 2. The summed E-state index contributed by atoms with van der Waals surface area (Å²) in [6.45, 7) is -0.0652. The molecule has 148 valence electrons. The van der Waals surface area contributed by atoms with Crippen molar-refractivity contribution in [2.45, 2.75) is 38.2 Å². The van der Waals surface area contributed by atoms with E-state index in [0.717, 1.165) is 37.8 Å². The second kappa shape index (κ2) is 9.30. The summed E-state index contributed by atoms with van der Waals surface area (Å²) in [5, 5.41) is 4.90. The molecule has 0 bridgehead atoms. The highest BCUT2D eigenvalue weighted by Gasteiger charge is 2.20. The van der Waals surface area contributed by atoms with Crippen molar-refractivity contribution in [3.05, 3.63) is 59.7 Å². The maximum atomic E-state index is 13.6. The van der Waals surface area contributed by atoms with Crippen molar-refractivity contribution in [1.82, 2.24) is 5.32 Å². The lowest BCUT2D eigenvalue weighted by molar-refractivity contribution is -0.136. The minimum atomic E-state index is -0.882. The molecule has 2 aromatic rings. The average molecular weight is 388 g/mol. The molecule has 3 rings (SSSR count). The number of rotatable bonds is 6. The highest BCUT2D eigenvalue weighted by atomic mass is 19.1. The van der Waals surface area contributed by atoms with Gasteiger partial charge in [-0.05, 0) is 56.4 Å². The Morgan fingerprint density at radius 3 is 2.36 bits per heavy atom. The van der Waals surface area contributed by atoms with Crippen LogP contribution in [0.4, 0.5) is 14.5 Å². The Balaban J connectivity index is 1.54. The molecule has 1 saturated carbocycles. The fourth-order valence-electron chi connectivity index (χ4n) is 3.19. The van der Waals surface area contributed by atoms with Gasteiger partial charge in [0.1, 0.15) is 17.4 Å². The molecule has 0 atom stereocenters. The van der Waals surface area contributed by atoms with E-state index >= 15 is 0 Å². The number of para-hydroxylation sites is 2. The molecule has 0 spiro atoms. The number of nitrogens with one attached hydrogen (secondary N) is 2. The normalized spacial score (nSPS) is 13.9. The zero-order valence-corrected chi connectivity index (χ0v) is 15.3. The molecular formula is C21H22F2N2O3. The SMILES string of the molecule is O=C(NCCc1c(F)cccc1F)C(=O)Nc1ccccc1OC1CCCC1. The van der Waals surface area contributed by atoms with E-state index in [2.05, 4.69) is 10.6 Å². The van der Waals surface area contributed by atoms with Gasteiger partial charge in [0.15, 0.2) is 0 Å². The van der Waals surface area contributed by atoms with Crippen molar-refractivity contribution >= 4 is 17.5 Å². The van der Waals surface area contributed by atoms with Crippen molar-refractivity contribution in [1.29, 1.82) is 0 Å². The van der Waals surface area contributed by atoms with Crippen molar-refractivity contribution in [3.8, 4) is 5.75 Å². The van der Waals surface area contributed by atoms with Crippen LogP contribution >= 0.6 is 0 Å². The van der Waals surface area contributed by atoms with Crippen LogP contribution in [0, 0.1) is 11.6 Å². The molecule has 5 nitrogen and oxygen atoms in total. The van der Waals surface area contributed by atoms with Crippen LogP contribution < -0.4 is 15.4 Å². The summed E-state index contributed by atoms with van der Waals surface area (Å²) in [6, 6.07) is 10.5. The Hall–Kier alpha value is -2.96. The van der Waals surface area contributed by atoms with Crippen LogP contribution in [-0.4, -0.2) is 24.5 Å². The highest BCUT2D eigenvalue weighted by molar-refractivity contribution is 6.39. The first-order valence-corrected chi connectivity index (χ1v) is 9.32. The maximum absolute atomic E-state index is 13.6. The first-order valence-electron chi connectivity index (χ1n) is 9.32. The summed E-state index contributed by atoms with van der Waals surface area (Å²) in [7, 11) is 0. The molecule has 7 heteroatoms. The third-order valence-electron chi connectivity index (χ3n) is 4.66. The van der Waals surface area contributed by atoms with E-state index in [-0.39, 0.29) is 24.6 Å². The van der Waals surface area contributed by atoms with Gasteiger partial charge < -0.3 is 15.4 Å². The summed E-state index contributed by atoms with van der Waals surface area (Å²) in [4.78, 5) is 24.2. The van der Waals surface area contributed by atoms with Crippen molar-refractivity contribution in [2.75, 3.05) is 11.9 Å². The summed E-state index contributed by atoms with van der Waals surface area (Å²) >= 11 is 0. The number of carbonyl (C=O) groups is 2. The summed E-state index contributed by atoms with van der Waals surface area (Å²) in [5.41, 5.74) is 0.285. The first kappa shape index (κ1) is 19.8. The van der Waals surface area contributed by atoms with Crippen molar-refractivity contribution in [2.24, 2.45) is 0 Å². The predicted octanol–water partition coefficient (Wildman–Crippen LogP) is 3.58. The van der Waals surface area contributed by atoms with Gasteiger partial charge in [-0.15, -0.1) is 0 Å². The van der Waals surface area contributed by atoms with E-state index in [0.29, 0.717) is 11.4 Å². The molecule has 2 aromatic carbocycles. The van der Waals surface area contributed by atoms with Gasteiger partial charge in [-0.2, -0.15) is 0 Å². The van der Waals surface area contributed by atoms with Gasteiger partial charge in [-0.3, -0.25) is 9.59 Å². The topological polar surface area (TPSA) is 67.4 Å². The molecule has 28 heavy (non-hydrogen) atoms. The van der Waals surface area contributed by atoms with E-state index in [4.69, 9.17) is 4.74 Å². The molecule has 1 aliphatic rings. The molecule has 2 N–H and O–H groups in total. The molecule has 0 saturated heterocycles. The lowest BCUT2D eigenvalue weighted by Crippen LogP contribution is -2.36. The molecule has 0 unspecified atom stereocenters. The average Bonchev–Trinajstić information content (AvgIpc) is 3.18. The standard InChI is InChI=1S/C21H22F2N2O3/c22-16-8-5-9-17(23)15(16)12-13-24-20(26)21(27)25-18-10-3-4-11-19(18)28-14-6-1-2-7-14/h3-5,8-11,14H,1-2,6-7,12-13H2,(H,24,26)(H,25,27). The highest BCUT2D eigenvalue weighted by Crippen LogP contribution is 2.29.